The minimum atomic E-state index is -0.500. The molecule has 0 aromatic carbocycles. The number of carbonyl (C=O) groups excluding carboxylic acids is 1. The molecular weight excluding hydrogens is 435 g/mol. The zero-order valence-corrected chi connectivity index (χ0v) is 18.2. The van der Waals surface area contributed by atoms with Crippen molar-refractivity contribution < 1.29 is 9.18 Å². The lowest BCUT2D eigenvalue weighted by Gasteiger charge is -2.20. The van der Waals surface area contributed by atoms with Crippen LogP contribution in [-0.4, -0.2) is 41.0 Å². The number of aromatic nitrogens is 7. The van der Waals surface area contributed by atoms with Gasteiger partial charge in [-0.15, -0.1) is 0 Å². The predicted octanol–water partition coefficient (Wildman–Crippen LogP) is 4.62. The van der Waals surface area contributed by atoms with E-state index in [1.807, 2.05) is 6.07 Å². The lowest BCUT2D eigenvalue weighted by Crippen LogP contribution is -2.24. The molecule has 1 amide bonds. The number of aromatic amines is 2. The highest BCUT2D eigenvalue weighted by atomic mass is 19.1. The molecule has 0 aliphatic heterocycles. The van der Waals surface area contributed by atoms with E-state index in [-0.39, 0.29) is 28.4 Å². The Labute approximate surface area is 193 Å². The third-order valence-electron chi connectivity index (χ3n) is 6.31. The van der Waals surface area contributed by atoms with Gasteiger partial charge in [0.25, 0.3) is 0 Å². The lowest BCUT2D eigenvalue weighted by molar-refractivity contribution is -0.120. The summed E-state index contributed by atoms with van der Waals surface area (Å²) in [6.45, 7) is 0. The largest absolute Gasteiger partial charge is 0.335 e. The van der Waals surface area contributed by atoms with Gasteiger partial charge in [0.2, 0.25) is 5.91 Å². The van der Waals surface area contributed by atoms with Crippen LogP contribution in [0.5, 0.6) is 0 Å². The van der Waals surface area contributed by atoms with E-state index in [2.05, 4.69) is 40.4 Å². The molecular formula is C24H21FN8O. The first-order valence-corrected chi connectivity index (χ1v) is 11.3. The molecule has 0 radical (unpaired) electrons. The van der Waals surface area contributed by atoms with Crippen molar-refractivity contribution in [1.82, 2.24) is 35.1 Å². The first-order valence-electron chi connectivity index (χ1n) is 11.3. The summed E-state index contributed by atoms with van der Waals surface area (Å²) in [7, 11) is 0. The lowest BCUT2D eigenvalue weighted by atomic mass is 9.88. The van der Waals surface area contributed by atoms with Crippen LogP contribution < -0.4 is 5.32 Å². The number of H-pyrrole nitrogens is 2. The monoisotopic (exact) mass is 456 g/mol. The fourth-order valence-corrected chi connectivity index (χ4v) is 4.55. The average molecular weight is 456 g/mol. The summed E-state index contributed by atoms with van der Waals surface area (Å²) in [6, 6.07) is 5.35. The van der Waals surface area contributed by atoms with E-state index >= 15 is 4.39 Å². The van der Waals surface area contributed by atoms with Crippen molar-refractivity contribution in [1.29, 1.82) is 0 Å². The van der Waals surface area contributed by atoms with Gasteiger partial charge in [0.1, 0.15) is 11.5 Å². The Morgan fingerprint density at radius 3 is 2.82 bits per heavy atom. The van der Waals surface area contributed by atoms with Crippen molar-refractivity contribution in [3.05, 3.63) is 48.8 Å². The summed E-state index contributed by atoms with van der Waals surface area (Å²) < 4.78 is 15.8. The molecule has 34 heavy (non-hydrogen) atoms. The number of halogens is 1. The Morgan fingerprint density at radius 1 is 1.09 bits per heavy atom. The number of carbonyl (C=O) groups is 1. The Kier molecular flexibility index (Phi) is 4.97. The van der Waals surface area contributed by atoms with Crippen LogP contribution in [-0.2, 0) is 4.79 Å². The smallest absolute Gasteiger partial charge is 0.227 e. The van der Waals surface area contributed by atoms with E-state index in [4.69, 9.17) is 0 Å². The number of nitrogens with zero attached hydrogens (tertiary/aromatic N) is 5. The molecule has 0 unspecified atom stereocenters. The Balaban J connectivity index is 1.36. The predicted molar refractivity (Wildman–Crippen MR) is 125 cm³/mol. The van der Waals surface area contributed by atoms with E-state index in [9.17, 15) is 4.79 Å². The highest BCUT2D eigenvalue weighted by Gasteiger charge is 2.23. The van der Waals surface area contributed by atoms with Crippen molar-refractivity contribution in [2.45, 2.75) is 32.1 Å². The van der Waals surface area contributed by atoms with Gasteiger partial charge in [-0.2, -0.15) is 5.10 Å². The van der Waals surface area contributed by atoms with E-state index < -0.39 is 5.82 Å². The minimum absolute atomic E-state index is 0.0108. The van der Waals surface area contributed by atoms with Gasteiger partial charge in [-0.1, -0.05) is 19.3 Å². The quantitative estimate of drug-likeness (QED) is 0.362. The normalized spacial score (nSPS) is 14.6. The number of rotatable bonds is 4. The van der Waals surface area contributed by atoms with Crippen molar-refractivity contribution in [2.75, 3.05) is 5.32 Å². The zero-order valence-electron chi connectivity index (χ0n) is 18.2. The van der Waals surface area contributed by atoms with Gasteiger partial charge in [0.05, 0.1) is 22.8 Å². The standard InChI is InChI=1S/C24H21FN8O/c25-19-16(14-9-15(11-26-10-14)29-24(34)13-5-2-1-3-6-13)12-28-22-18(19)20(32-33-22)23-30-17-7-4-8-27-21(17)31-23/h4,7-13H,1-3,5-6H2,(H,29,34)(H,27,30,31)(H,28,32,33). The van der Waals surface area contributed by atoms with Gasteiger partial charge in [-0.3, -0.25) is 14.9 Å². The Hall–Kier alpha value is -4.21. The fraction of sp³-hybridized carbons (Fsp3) is 0.250. The van der Waals surface area contributed by atoms with E-state index in [0.717, 1.165) is 31.2 Å². The van der Waals surface area contributed by atoms with Crippen molar-refractivity contribution >= 4 is 33.8 Å². The zero-order chi connectivity index (χ0) is 23.1. The molecule has 1 saturated carbocycles. The number of fused-ring (bicyclic) bond motifs is 2. The second-order valence-corrected chi connectivity index (χ2v) is 8.53. The van der Waals surface area contributed by atoms with Gasteiger partial charge in [-0.05, 0) is 31.0 Å². The van der Waals surface area contributed by atoms with Crippen LogP contribution in [0.25, 0.3) is 44.8 Å². The maximum Gasteiger partial charge on any atom is 0.227 e. The van der Waals surface area contributed by atoms with E-state index in [1.165, 1.54) is 12.6 Å². The summed E-state index contributed by atoms with van der Waals surface area (Å²) in [4.78, 5) is 33.0. The summed E-state index contributed by atoms with van der Waals surface area (Å²) in [5, 5.41) is 10.1. The first-order chi connectivity index (χ1) is 16.7. The van der Waals surface area contributed by atoms with E-state index in [1.54, 1.807) is 30.7 Å². The summed E-state index contributed by atoms with van der Waals surface area (Å²) in [6.07, 6.45) is 11.3. The molecule has 3 N–H and O–H groups in total. The van der Waals surface area contributed by atoms with Crippen LogP contribution in [0.15, 0.2) is 43.0 Å². The van der Waals surface area contributed by atoms with Crippen LogP contribution in [0, 0.1) is 11.7 Å². The maximum absolute atomic E-state index is 15.8. The molecule has 170 valence electrons. The highest BCUT2D eigenvalue weighted by Crippen LogP contribution is 2.33. The minimum Gasteiger partial charge on any atom is -0.335 e. The van der Waals surface area contributed by atoms with Crippen LogP contribution >= 0.6 is 0 Å². The molecule has 6 rings (SSSR count). The van der Waals surface area contributed by atoms with Crippen molar-refractivity contribution in [3.63, 3.8) is 0 Å². The van der Waals surface area contributed by atoms with Gasteiger partial charge < -0.3 is 10.3 Å². The van der Waals surface area contributed by atoms with Crippen LogP contribution in [0.4, 0.5) is 10.1 Å². The SMILES string of the molecule is O=C(Nc1cncc(-c2cnc3n[nH]c(-c4nc5ncccc5[nH]4)c3c2F)c1)C1CCCCC1. The van der Waals surface area contributed by atoms with Crippen LogP contribution in [0.1, 0.15) is 32.1 Å². The summed E-state index contributed by atoms with van der Waals surface area (Å²) >= 11 is 0. The molecule has 10 heteroatoms. The molecule has 0 atom stereocenters. The molecule has 0 bridgehead atoms. The summed E-state index contributed by atoms with van der Waals surface area (Å²) in [5.74, 6) is -0.0809. The van der Waals surface area contributed by atoms with Crippen molar-refractivity contribution in [2.24, 2.45) is 5.92 Å². The number of imidazole rings is 1. The number of hydrogen-bond donors (Lipinski definition) is 3. The number of amides is 1. The average Bonchev–Trinajstić information content (AvgIpc) is 3.49. The Bertz CT molecular complexity index is 1490. The van der Waals surface area contributed by atoms with Crippen molar-refractivity contribution in [3.8, 4) is 22.6 Å². The number of hydrogen-bond acceptors (Lipinski definition) is 6. The molecule has 5 heterocycles. The second kappa shape index (κ2) is 8.29. The van der Waals surface area contributed by atoms with Gasteiger partial charge in [0, 0.05) is 35.6 Å². The molecule has 0 spiro atoms. The molecule has 0 saturated heterocycles. The summed E-state index contributed by atoms with van der Waals surface area (Å²) in [5.41, 5.74) is 3.17. The number of nitrogens with one attached hydrogen (secondary N) is 3. The topological polar surface area (TPSA) is 125 Å². The molecule has 5 aromatic rings. The third kappa shape index (κ3) is 3.57. The number of pyridine rings is 3. The Morgan fingerprint density at radius 2 is 1.97 bits per heavy atom. The molecule has 1 aliphatic rings. The molecule has 5 aromatic heterocycles. The number of anilines is 1. The van der Waals surface area contributed by atoms with Gasteiger partial charge in [0.15, 0.2) is 17.1 Å². The molecule has 9 nitrogen and oxygen atoms in total. The molecule has 1 aliphatic carbocycles. The second-order valence-electron chi connectivity index (χ2n) is 8.53. The van der Waals surface area contributed by atoms with E-state index in [0.29, 0.717) is 28.4 Å². The molecule has 1 fully saturated rings. The van der Waals surface area contributed by atoms with Gasteiger partial charge >= 0.3 is 0 Å². The third-order valence-corrected chi connectivity index (χ3v) is 6.31. The van der Waals surface area contributed by atoms with Crippen LogP contribution in [0.3, 0.4) is 0 Å². The first kappa shape index (κ1) is 20.4. The highest BCUT2D eigenvalue weighted by molar-refractivity contribution is 5.95. The van der Waals surface area contributed by atoms with Crippen LogP contribution in [0.2, 0.25) is 0 Å². The fourth-order valence-electron chi connectivity index (χ4n) is 4.55. The maximum atomic E-state index is 15.8. The van der Waals surface area contributed by atoms with Gasteiger partial charge in [-0.25, -0.2) is 19.3 Å².